The summed E-state index contributed by atoms with van der Waals surface area (Å²) in [4.78, 5) is 33.5. The first-order valence-corrected chi connectivity index (χ1v) is 5.86. The summed E-state index contributed by atoms with van der Waals surface area (Å²) >= 11 is 0. The van der Waals surface area contributed by atoms with E-state index in [0.717, 1.165) is 0 Å². The fourth-order valence-electron chi connectivity index (χ4n) is 2.45. The van der Waals surface area contributed by atoms with Crippen LogP contribution in [0, 0.1) is 11.8 Å². The molecule has 2 aliphatic rings. The van der Waals surface area contributed by atoms with Gasteiger partial charge in [-0.1, -0.05) is 0 Å². The lowest BCUT2D eigenvalue weighted by atomic mass is 10.1. The molecule has 94 valence electrons. The van der Waals surface area contributed by atoms with Gasteiger partial charge in [-0.2, -0.15) is 0 Å². The van der Waals surface area contributed by atoms with Crippen molar-refractivity contribution >= 4 is 17.8 Å². The van der Waals surface area contributed by atoms with E-state index < -0.39 is 5.97 Å². The van der Waals surface area contributed by atoms with Crippen molar-refractivity contribution in [2.45, 2.75) is 31.7 Å². The van der Waals surface area contributed by atoms with Crippen LogP contribution in [0.2, 0.25) is 0 Å². The van der Waals surface area contributed by atoms with Crippen molar-refractivity contribution in [2.75, 3.05) is 6.54 Å². The second kappa shape index (κ2) is 4.73. The molecule has 6 heteroatoms. The van der Waals surface area contributed by atoms with Crippen LogP contribution in [0.25, 0.3) is 0 Å². The number of aliphatic carboxylic acids is 1. The van der Waals surface area contributed by atoms with Gasteiger partial charge in [0.15, 0.2) is 0 Å². The van der Waals surface area contributed by atoms with Crippen LogP contribution in [0.15, 0.2) is 0 Å². The Morgan fingerprint density at radius 1 is 1.29 bits per heavy atom. The molecule has 1 aliphatic carbocycles. The summed E-state index contributed by atoms with van der Waals surface area (Å²) in [7, 11) is 0. The molecule has 3 unspecified atom stereocenters. The minimum Gasteiger partial charge on any atom is -0.481 e. The van der Waals surface area contributed by atoms with Crippen molar-refractivity contribution in [2.24, 2.45) is 11.8 Å². The third kappa shape index (κ3) is 2.75. The van der Waals surface area contributed by atoms with Crippen molar-refractivity contribution in [3.05, 3.63) is 0 Å². The van der Waals surface area contributed by atoms with Gasteiger partial charge in [0.2, 0.25) is 11.8 Å². The molecule has 3 atom stereocenters. The second-order valence-electron chi connectivity index (χ2n) is 4.76. The number of amides is 2. The molecule has 0 bridgehead atoms. The van der Waals surface area contributed by atoms with E-state index in [1.165, 1.54) is 0 Å². The number of carboxylic acid groups (broad SMARTS) is 1. The van der Waals surface area contributed by atoms with Crippen LogP contribution in [0.4, 0.5) is 0 Å². The van der Waals surface area contributed by atoms with Crippen LogP contribution in [-0.4, -0.2) is 35.5 Å². The zero-order valence-corrected chi connectivity index (χ0v) is 9.44. The number of rotatable bonds is 3. The number of carbonyl (C=O) groups is 3. The Morgan fingerprint density at radius 2 is 2.06 bits per heavy atom. The summed E-state index contributed by atoms with van der Waals surface area (Å²) in [6.45, 7) is 0.389. The zero-order chi connectivity index (χ0) is 12.4. The van der Waals surface area contributed by atoms with Crippen LogP contribution in [-0.2, 0) is 14.4 Å². The quantitative estimate of drug-likeness (QED) is 0.619. The van der Waals surface area contributed by atoms with Gasteiger partial charge in [-0.15, -0.1) is 0 Å². The van der Waals surface area contributed by atoms with Crippen LogP contribution < -0.4 is 10.6 Å². The molecule has 2 fully saturated rings. The number of nitrogens with one attached hydrogen (secondary N) is 2. The van der Waals surface area contributed by atoms with Crippen molar-refractivity contribution in [3.63, 3.8) is 0 Å². The smallest absolute Gasteiger partial charge is 0.306 e. The predicted molar refractivity (Wildman–Crippen MR) is 58.0 cm³/mol. The SMILES string of the molecule is O=C1CC(C(=O)NC2CCC(C(=O)O)C2)CN1. The van der Waals surface area contributed by atoms with E-state index in [1.807, 2.05) is 0 Å². The Morgan fingerprint density at radius 3 is 2.59 bits per heavy atom. The Bertz CT molecular complexity index is 355. The average Bonchev–Trinajstić information content (AvgIpc) is 2.86. The maximum absolute atomic E-state index is 11.8. The Hall–Kier alpha value is -1.59. The third-order valence-electron chi connectivity index (χ3n) is 3.48. The molecule has 0 aromatic heterocycles. The summed E-state index contributed by atoms with van der Waals surface area (Å²) < 4.78 is 0. The lowest BCUT2D eigenvalue weighted by Gasteiger charge is -2.15. The fourth-order valence-corrected chi connectivity index (χ4v) is 2.45. The van der Waals surface area contributed by atoms with E-state index >= 15 is 0 Å². The van der Waals surface area contributed by atoms with Gasteiger partial charge in [0.25, 0.3) is 0 Å². The molecule has 0 spiro atoms. The Labute approximate surface area is 98.8 Å². The highest BCUT2D eigenvalue weighted by Gasteiger charge is 2.33. The van der Waals surface area contributed by atoms with Gasteiger partial charge in [0.1, 0.15) is 0 Å². The minimum atomic E-state index is -0.792. The van der Waals surface area contributed by atoms with Gasteiger partial charge in [-0.05, 0) is 19.3 Å². The topological polar surface area (TPSA) is 95.5 Å². The van der Waals surface area contributed by atoms with E-state index in [9.17, 15) is 14.4 Å². The van der Waals surface area contributed by atoms with E-state index in [1.54, 1.807) is 0 Å². The van der Waals surface area contributed by atoms with Gasteiger partial charge < -0.3 is 15.7 Å². The molecule has 1 heterocycles. The summed E-state index contributed by atoms with van der Waals surface area (Å²) in [5, 5.41) is 14.3. The van der Waals surface area contributed by atoms with Crippen molar-refractivity contribution < 1.29 is 19.5 Å². The van der Waals surface area contributed by atoms with Gasteiger partial charge in [0.05, 0.1) is 11.8 Å². The first kappa shape index (κ1) is 11.9. The largest absolute Gasteiger partial charge is 0.481 e. The van der Waals surface area contributed by atoms with Gasteiger partial charge in [-0.3, -0.25) is 14.4 Å². The molecule has 0 aromatic rings. The summed E-state index contributed by atoms with van der Waals surface area (Å²) in [6.07, 6.45) is 2.05. The van der Waals surface area contributed by atoms with Crippen molar-refractivity contribution in [3.8, 4) is 0 Å². The molecule has 17 heavy (non-hydrogen) atoms. The van der Waals surface area contributed by atoms with E-state index in [0.29, 0.717) is 25.8 Å². The second-order valence-corrected chi connectivity index (χ2v) is 4.76. The zero-order valence-electron chi connectivity index (χ0n) is 9.44. The van der Waals surface area contributed by atoms with Gasteiger partial charge in [-0.25, -0.2) is 0 Å². The molecule has 1 saturated carbocycles. The highest BCUT2D eigenvalue weighted by atomic mass is 16.4. The van der Waals surface area contributed by atoms with Gasteiger partial charge >= 0.3 is 5.97 Å². The molecule has 2 rings (SSSR count). The molecule has 6 nitrogen and oxygen atoms in total. The first-order valence-electron chi connectivity index (χ1n) is 5.86. The summed E-state index contributed by atoms with van der Waals surface area (Å²) in [5.74, 6) is -1.67. The van der Waals surface area contributed by atoms with Crippen LogP contribution >= 0.6 is 0 Å². The third-order valence-corrected chi connectivity index (χ3v) is 3.48. The normalized spacial score (nSPS) is 32.2. The minimum absolute atomic E-state index is 0.0562. The maximum Gasteiger partial charge on any atom is 0.306 e. The Balaban J connectivity index is 1.80. The molecular weight excluding hydrogens is 224 g/mol. The highest BCUT2D eigenvalue weighted by Crippen LogP contribution is 2.26. The number of carboxylic acids is 1. The number of carbonyl (C=O) groups excluding carboxylic acids is 2. The lowest BCUT2D eigenvalue weighted by Crippen LogP contribution is -2.38. The Kier molecular flexibility index (Phi) is 3.31. The number of hydrogen-bond donors (Lipinski definition) is 3. The van der Waals surface area contributed by atoms with Gasteiger partial charge in [0, 0.05) is 19.0 Å². The standard InChI is InChI=1S/C11H16N2O4/c14-9-4-7(5-12-9)10(15)13-8-2-1-6(3-8)11(16)17/h6-8H,1-5H2,(H,12,14)(H,13,15)(H,16,17). The molecular formula is C11H16N2O4. The van der Waals surface area contributed by atoms with Crippen molar-refractivity contribution in [1.82, 2.24) is 10.6 Å². The van der Waals surface area contributed by atoms with E-state index in [2.05, 4.69) is 10.6 Å². The van der Waals surface area contributed by atoms with E-state index in [-0.39, 0.29) is 36.1 Å². The molecule has 2 amide bonds. The molecule has 0 radical (unpaired) electrons. The highest BCUT2D eigenvalue weighted by molar-refractivity contribution is 5.89. The molecule has 1 saturated heterocycles. The van der Waals surface area contributed by atoms with Crippen molar-refractivity contribution in [1.29, 1.82) is 0 Å². The number of hydrogen-bond acceptors (Lipinski definition) is 3. The van der Waals surface area contributed by atoms with Crippen LogP contribution in [0.3, 0.4) is 0 Å². The molecule has 1 aliphatic heterocycles. The van der Waals surface area contributed by atoms with Crippen LogP contribution in [0.5, 0.6) is 0 Å². The summed E-state index contributed by atoms with van der Waals surface area (Å²) in [6, 6.07) is -0.0562. The summed E-state index contributed by atoms with van der Waals surface area (Å²) in [5.41, 5.74) is 0. The van der Waals surface area contributed by atoms with E-state index in [4.69, 9.17) is 5.11 Å². The molecule has 0 aromatic carbocycles. The van der Waals surface area contributed by atoms with Crippen LogP contribution in [0.1, 0.15) is 25.7 Å². The fraction of sp³-hybridized carbons (Fsp3) is 0.727. The first-order chi connectivity index (χ1) is 8.06. The monoisotopic (exact) mass is 240 g/mol. The molecule has 3 N–H and O–H groups in total. The lowest BCUT2D eigenvalue weighted by molar-refractivity contribution is -0.141. The average molecular weight is 240 g/mol. The maximum atomic E-state index is 11.8. The predicted octanol–water partition coefficient (Wildman–Crippen LogP) is -0.508.